The second-order valence-corrected chi connectivity index (χ2v) is 5.71. The molecule has 0 unspecified atom stereocenters. The minimum Gasteiger partial charge on any atom is -0.330 e. The quantitative estimate of drug-likeness (QED) is 0.577. The third kappa shape index (κ3) is 3.76. The lowest BCUT2D eigenvalue weighted by atomic mass is 10.2. The zero-order valence-electron chi connectivity index (χ0n) is 9.87. The first-order valence-corrected chi connectivity index (χ1v) is 6.79. The van der Waals surface area contributed by atoms with Gasteiger partial charge in [0, 0.05) is 18.7 Å². The first-order valence-electron chi connectivity index (χ1n) is 5.31. The van der Waals surface area contributed by atoms with Crippen molar-refractivity contribution in [2.45, 2.75) is 11.8 Å². The molecule has 100 valence electrons. The van der Waals surface area contributed by atoms with Crippen molar-refractivity contribution in [3.63, 3.8) is 0 Å². The van der Waals surface area contributed by atoms with Crippen LogP contribution in [0.25, 0.3) is 0 Å². The lowest BCUT2D eigenvalue weighted by Crippen LogP contribution is -2.31. The lowest BCUT2D eigenvalue weighted by molar-refractivity contribution is -0.384. The molecule has 3 N–H and O–H groups in total. The SMILES string of the molecule is C[C@@H](CN)CNS(=O)(=O)c1ccc([N+](=O)[O-])cc1. The second kappa shape index (κ2) is 5.89. The van der Waals surface area contributed by atoms with Crippen molar-refractivity contribution in [1.82, 2.24) is 4.72 Å². The van der Waals surface area contributed by atoms with Crippen molar-refractivity contribution < 1.29 is 13.3 Å². The van der Waals surface area contributed by atoms with Crippen molar-refractivity contribution in [3.8, 4) is 0 Å². The van der Waals surface area contributed by atoms with E-state index >= 15 is 0 Å². The smallest absolute Gasteiger partial charge is 0.269 e. The van der Waals surface area contributed by atoms with Crippen molar-refractivity contribution in [2.24, 2.45) is 11.7 Å². The van der Waals surface area contributed by atoms with E-state index in [9.17, 15) is 18.5 Å². The molecule has 1 rings (SSSR count). The summed E-state index contributed by atoms with van der Waals surface area (Å²) >= 11 is 0. The molecule has 0 amide bonds. The largest absolute Gasteiger partial charge is 0.330 e. The monoisotopic (exact) mass is 273 g/mol. The summed E-state index contributed by atoms with van der Waals surface area (Å²) in [7, 11) is -3.64. The van der Waals surface area contributed by atoms with Gasteiger partial charge in [-0.2, -0.15) is 0 Å². The number of nitrogens with two attached hydrogens (primary N) is 1. The fraction of sp³-hybridized carbons (Fsp3) is 0.400. The predicted molar refractivity (Wildman–Crippen MR) is 66.5 cm³/mol. The van der Waals surface area contributed by atoms with E-state index in [4.69, 9.17) is 5.73 Å². The molecule has 1 atom stereocenters. The summed E-state index contributed by atoms with van der Waals surface area (Å²) in [6.45, 7) is 2.43. The number of hydrogen-bond donors (Lipinski definition) is 2. The number of non-ortho nitro benzene ring substituents is 1. The third-order valence-corrected chi connectivity index (χ3v) is 3.82. The van der Waals surface area contributed by atoms with E-state index in [0.29, 0.717) is 6.54 Å². The molecule has 0 fully saturated rings. The molecule has 7 nitrogen and oxygen atoms in total. The van der Waals surface area contributed by atoms with Gasteiger partial charge in [0.2, 0.25) is 10.0 Å². The van der Waals surface area contributed by atoms with Crippen LogP contribution in [0.2, 0.25) is 0 Å². The molecule has 0 saturated heterocycles. The normalized spacial score (nSPS) is 13.2. The highest BCUT2D eigenvalue weighted by molar-refractivity contribution is 7.89. The van der Waals surface area contributed by atoms with Crippen molar-refractivity contribution in [3.05, 3.63) is 34.4 Å². The van der Waals surface area contributed by atoms with Crippen LogP contribution in [-0.2, 0) is 10.0 Å². The minimum absolute atomic E-state index is 0.00248. The Morgan fingerprint density at radius 3 is 2.39 bits per heavy atom. The van der Waals surface area contributed by atoms with Crippen LogP contribution >= 0.6 is 0 Å². The summed E-state index contributed by atoms with van der Waals surface area (Å²) in [5.74, 6) is 0.0258. The average molecular weight is 273 g/mol. The Morgan fingerprint density at radius 1 is 1.39 bits per heavy atom. The van der Waals surface area contributed by atoms with Gasteiger partial charge in [-0.25, -0.2) is 13.1 Å². The maximum Gasteiger partial charge on any atom is 0.269 e. The van der Waals surface area contributed by atoms with E-state index < -0.39 is 14.9 Å². The molecule has 0 aliphatic heterocycles. The highest BCUT2D eigenvalue weighted by Crippen LogP contribution is 2.15. The van der Waals surface area contributed by atoms with Crippen LogP contribution in [0.15, 0.2) is 29.2 Å². The van der Waals surface area contributed by atoms with Crippen molar-refractivity contribution >= 4 is 15.7 Å². The van der Waals surface area contributed by atoms with E-state index in [1.165, 1.54) is 12.1 Å². The van der Waals surface area contributed by atoms with Crippen LogP contribution in [0.5, 0.6) is 0 Å². The fourth-order valence-corrected chi connectivity index (χ4v) is 2.33. The predicted octanol–water partition coefficient (Wildman–Crippen LogP) is 0.468. The number of nitro groups is 1. The summed E-state index contributed by atoms with van der Waals surface area (Å²) in [6, 6.07) is 4.71. The van der Waals surface area contributed by atoms with E-state index in [1.54, 1.807) is 0 Å². The van der Waals surface area contributed by atoms with Gasteiger partial charge in [0.05, 0.1) is 9.82 Å². The topological polar surface area (TPSA) is 115 Å². The molecule has 0 heterocycles. The average Bonchev–Trinajstić information content (AvgIpc) is 2.36. The van der Waals surface area contributed by atoms with Crippen molar-refractivity contribution in [2.75, 3.05) is 13.1 Å². The van der Waals surface area contributed by atoms with Crippen LogP contribution in [0.3, 0.4) is 0 Å². The van der Waals surface area contributed by atoms with E-state index in [2.05, 4.69) is 4.72 Å². The first-order chi connectivity index (χ1) is 8.36. The van der Waals surface area contributed by atoms with E-state index in [1.807, 2.05) is 6.92 Å². The fourth-order valence-electron chi connectivity index (χ4n) is 1.17. The van der Waals surface area contributed by atoms with Gasteiger partial charge in [-0.05, 0) is 24.6 Å². The molecule has 0 spiro atoms. The zero-order valence-corrected chi connectivity index (χ0v) is 10.7. The molecule has 0 saturated carbocycles. The summed E-state index contributed by atoms with van der Waals surface area (Å²) in [5.41, 5.74) is 5.23. The standard InChI is InChI=1S/C10H15N3O4S/c1-8(6-11)7-12-18(16,17)10-4-2-9(3-5-10)13(14)15/h2-5,8,12H,6-7,11H2,1H3/t8-/m0/s1. The van der Waals surface area contributed by atoms with Crippen LogP contribution < -0.4 is 10.5 Å². The maximum atomic E-state index is 11.8. The third-order valence-electron chi connectivity index (χ3n) is 2.38. The molecule has 0 radical (unpaired) electrons. The molecular weight excluding hydrogens is 258 g/mol. The molecular formula is C10H15N3O4S. The lowest BCUT2D eigenvalue weighted by Gasteiger charge is -2.10. The summed E-state index contributed by atoms with van der Waals surface area (Å²) < 4.78 is 26.0. The van der Waals surface area contributed by atoms with E-state index in [-0.39, 0.29) is 23.0 Å². The molecule has 0 aliphatic carbocycles. The van der Waals surface area contributed by atoms with Crippen LogP contribution in [0.4, 0.5) is 5.69 Å². The summed E-state index contributed by atoms with van der Waals surface area (Å²) in [4.78, 5) is 9.86. The van der Waals surface area contributed by atoms with Gasteiger partial charge >= 0.3 is 0 Å². The van der Waals surface area contributed by atoms with Gasteiger partial charge in [-0.15, -0.1) is 0 Å². The molecule has 8 heteroatoms. The molecule has 0 aliphatic rings. The number of sulfonamides is 1. The van der Waals surface area contributed by atoms with Gasteiger partial charge < -0.3 is 5.73 Å². The minimum atomic E-state index is -3.64. The molecule has 1 aromatic rings. The Labute approximate surface area is 105 Å². The molecule has 0 aromatic heterocycles. The Hall–Kier alpha value is -1.51. The maximum absolute atomic E-state index is 11.8. The van der Waals surface area contributed by atoms with Crippen LogP contribution in [0.1, 0.15) is 6.92 Å². The van der Waals surface area contributed by atoms with E-state index in [0.717, 1.165) is 12.1 Å². The van der Waals surface area contributed by atoms with Gasteiger partial charge in [0.15, 0.2) is 0 Å². The number of nitro benzene ring substituents is 1. The summed E-state index contributed by atoms with van der Waals surface area (Å²) in [5, 5.41) is 10.4. The van der Waals surface area contributed by atoms with Gasteiger partial charge in [-0.1, -0.05) is 6.92 Å². The van der Waals surface area contributed by atoms with Gasteiger partial charge in [-0.3, -0.25) is 10.1 Å². The number of nitrogens with zero attached hydrogens (tertiary/aromatic N) is 1. The van der Waals surface area contributed by atoms with Crippen molar-refractivity contribution in [1.29, 1.82) is 0 Å². The highest BCUT2D eigenvalue weighted by Gasteiger charge is 2.16. The second-order valence-electron chi connectivity index (χ2n) is 3.94. The zero-order chi connectivity index (χ0) is 13.8. The number of nitrogens with one attached hydrogen (secondary N) is 1. The van der Waals surface area contributed by atoms with Crippen LogP contribution in [-0.4, -0.2) is 26.4 Å². The van der Waals surface area contributed by atoms with Crippen LogP contribution in [0, 0.1) is 16.0 Å². The van der Waals surface area contributed by atoms with Gasteiger partial charge in [0.1, 0.15) is 0 Å². The first kappa shape index (κ1) is 14.6. The number of hydrogen-bond acceptors (Lipinski definition) is 5. The molecule has 18 heavy (non-hydrogen) atoms. The molecule has 1 aromatic carbocycles. The highest BCUT2D eigenvalue weighted by atomic mass is 32.2. The Morgan fingerprint density at radius 2 is 1.94 bits per heavy atom. The Balaban J connectivity index is 2.82. The number of rotatable bonds is 6. The molecule has 0 bridgehead atoms. The van der Waals surface area contributed by atoms with Gasteiger partial charge in [0.25, 0.3) is 5.69 Å². The summed E-state index contributed by atoms with van der Waals surface area (Å²) in [6.07, 6.45) is 0. The Kier molecular flexibility index (Phi) is 4.76. The Bertz CT molecular complexity index is 512. The number of benzene rings is 1.